The van der Waals surface area contributed by atoms with Crippen molar-refractivity contribution in [1.29, 1.82) is 0 Å². The number of rotatable bonds is 5. The van der Waals surface area contributed by atoms with Crippen molar-refractivity contribution in [3.63, 3.8) is 0 Å². The van der Waals surface area contributed by atoms with Gasteiger partial charge in [-0.05, 0) is 43.2 Å². The largest absolute Gasteiger partial charge is 0.496 e. The standard InChI is InChI=1S/C22H25N3O4/c1-15(26)23-18-7-5-6-16(14-18)22(28)25-12-10-17(11-13-25)24-21(27)19-8-3-4-9-20(19)29-2/h3-9,14,17H,10-13H2,1-2H3,(H,23,26)(H,24,27). The minimum Gasteiger partial charge on any atom is -0.496 e. The molecule has 0 unspecified atom stereocenters. The van der Waals surface area contributed by atoms with E-state index in [0.29, 0.717) is 48.5 Å². The zero-order chi connectivity index (χ0) is 20.8. The predicted molar refractivity (Wildman–Crippen MR) is 110 cm³/mol. The summed E-state index contributed by atoms with van der Waals surface area (Å²) in [6.07, 6.45) is 1.36. The van der Waals surface area contributed by atoms with Crippen molar-refractivity contribution in [3.8, 4) is 5.75 Å². The maximum Gasteiger partial charge on any atom is 0.255 e. The van der Waals surface area contributed by atoms with Crippen LogP contribution in [0.3, 0.4) is 0 Å². The number of benzene rings is 2. The highest BCUT2D eigenvalue weighted by Crippen LogP contribution is 2.20. The molecule has 0 radical (unpaired) electrons. The molecule has 0 bridgehead atoms. The van der Waals surface area contributed by atoms with E-state index in [1.807, 2.05) is 6.07 Å². The van der Waals surface area contributed by atoms with Gasteiger partial charge in [0.15, 0.2) is 0 Å². The van der Waals surface area contributed by atoms with E-state index < -0.39 is 0 Å². The lowest BCUT2D eigenvalue weighted by atomic mass is 10.0. The Kier molecular flexibility index (Phi) is 6.49. The number of piperidine rings is 1. The zero-order valence-corrected chi connectivity index (χ0v) is 16.6. The molecule has 2 N–H and O–H groups in total. The SMILES string of the molecule is COc1ccccc1C(=O)NC1CCN(C(=O)c2cccc(NC(C)=O)c2)CC1. The lowest BCUT2D eigenvalue weighted by Crippen LogP contribution is -2.46. The van der Waals surface area contributed by atoms with Gasteiger partial charge in [0.2, 0.25) is 5.91 Å². The van der Waals surface area contributed by atoms with Gasteiger partial charge in [-0.1, -0.05) is 18.2 Å². The number of methoxy groups -OCH3 is 1. The second-order valence-electron chi connectivity index (χ2n) is 7.00. The third-order valence-electron chi connectivity index (χ3n) is 4.90. The minimum atomic E-state index is -0.179. The number of nitrogens with zero attached hydrogens (tertiary/aromatic N) is 1. The first-order chi connectivity index (χ1) is 14.0. The highest BCUT2D eigenvalue weighted by molar-refractivity contribution is 5.98. The molecule has 3 amide bonds. The fourth-order valence-electron chi connectivity index (χ4n) is 3.44. The number of nitrogens with one attached hydrogen (secondary N) is 2. The number of amides is 3. The molecule has 1 aliphatic heterocycles. The van der Waals surface area contributed by atoms with Crippen molar-refractivity contribution in [3.05, 3.63) is 59.7 Å². The fraction of sp³-hybridized carbons (Fsp3) is 0.318. The molecule has 1 heterocycles. The molecule has 0 atom stereocenters. The Morgan fingerprint density at radius 3 is 2.45 bits per heavy atom. The summed E-state index contributed by atoms with van der Waals surface area (Å²) in [5.41, 5.74) is 1.64. The maximum absolute atomic E-state index is 12.8. The van der Waals surface area contributed by atoms with Gasteiger partial charge in [-0.2, -0.15) is 0 Å². The van der Waals surface area contributed by atoms with Crippen molar-refractivity contribution < 1.29 is 19.1 Å². The maximum atomic E-state index is 12.8. The highest BCUT2D eigenvalue weighted by Gasteiger charge is 2.25. The van der Waals surface area contributed by atoms with Gasteiger partial charge in [-0.25, -0.2) is 0 Å². The summed E-state index contributed by atoms with van der Waals surface area (Å²) in [5.74, 6) is 0.111. The van der Waals surface area contributed by atoms with E-state index in [0.717, 1.165) is 0 Å². The molecule has 1 fully saturated rings. The van der Waals surface area contributed by atoms with Gasteiger partial charge in [0, 0.05) is 37.3 Å². The van der Waals surface area contributed by atoms with Crippen LogP contribution in [0.15, 0.2) is 48.5 Å². The third kappa shape index (κ3) is 5.13. The van der Waals surface area contributed by atoms with Gasteiger partial charge >= 0.3 is 0 Å². The first kappa shape index (κ1) is 20.4. The summed E-state index contributed by atoms with van der Waals surface area (Å²) in [6.45, 7) is 2.54. The molecule has 152 valence electrons. The molecule has 3 rings (SSSR count). The minimum absolute atomic E-state index is 0.00201. The average molecular weight is 395 g/mol. The van der Waals surface area contributed by atoms with E-state index in [2.05, 4.69) is 10.6 Å². The van der Waals surface area contributed by atoms with Gasteiger partial charge in [0.1, 0.15) is 5.75 Å². The summed E-state index contributed by atoms with van der Waals surface area (Å²) in [5, 5.41) is 5.72. The van der Waals surface area contributed by atoms with Crippen LogP contribution in [0, 0.1) is 0 Å². The van der Waals surface area contributed by atoms with Crippen LogP contribution in [0.25, 0.3) is 0 Å². The first-order valence-corrected chi connectivity index (χ1v) is 9.58. The number of carbonyl (C=O) groups is 3. The van der Waals surface area contributed by atoms with Crippen LogP contribution in [0.2, 0.25) is 0 Å². The Hall–Kier alpha value is -3.35. The third-order valence-corrected chi connectivity index (χ3v) is 4.90. The van der Waals surface area contributed by atoms with Crippen molar-refractivity contribution in [2.45, 2.75) is 25.8 Å². The molecule has 1 aliphatic rings. The van der Waals surface area contributed by atoms with Crippen LogP contribution in [0.1, 0.15) is 40.5 Å². The Morgan fingerprint density at radius 2 is 1.76 bits per heavy atom. The van der Waals surface area contributed by atoms with E-state index in [1.165, 1.54) is 14.0 Å². The number of hydrogen-bond donors (Lipinski definition) is 2. The molecular weight excluding hydrogens is 370 g/mol. The van der Waals surface area contributed by atoms with Gasteiger partial charge in [0.05, 0.1) is 12.7 Å². The van der Waals surface area contributed by atoms with Crippen LogP contribution in [0.4, 0.5) is 5.69 Å². The van der Waals surface area contributed by atoms with Crippen molar-refractivity contribution in [2.75, 3.05) is 25.5 Å². The number of ether oxygens (including phenoxy) is 1. The van der Waals surface area contributed by atoms with E-state index in [9.17, 15) is 14.4 Å². The van der Waals surface area contributed by atoms with Gasteiger partial charge < -0.3 is 20.3 Å². The number of hydrogen-bond acceptors (Lipinski definition) is 4. The summed E-state index contributed by atoms with van der Waals surface area (Å²) in [6, 6.07) is 14.0. The van der Waals surface area contributed by atoms with Crippen LogP contribution in [0.5, 0.6) is 5.75 Å². The lowest BCUT2D eigenvalue weighted by molar-refractivity contribution is -0.114. The molecule has 0 aromatic heterocycles. The van der Waals surface area contributed by atoms with E-state index >= 15 is 0 Å². The Balaban J connectivity index is 1.57. The van der Waals surface area contributed by atoms with Crippen molar-refractivity contribution in [2.24, 2.45) is 0 Å². The molecule has 0 spiro atoms. The van der Waals surface area contributed by atoms with Crippen LogP contribution >= 0.6 is 0 Å². The summed E-state index contributed by atoms with van der Waals surface area (Å²) in [7, 11) is 1.54. The Morgan fingerprint density at radius 1 is 1.03 bits per heavy atom. The summed E-state index contributed by atoms with van der Waals surface area (Å²) in [4.78, 5) is 38.3. The van der Waals surface area contributed by atoms with E-state index in [1.54, 1.807) is 47.4 Å². The number of anilines is 1. The molecule has 2 aromatic rings. The summed E-state index contributed by atoms with van der Waals surface area (Å²) < 4.78 is 5.25. The van der Waals surface area contributed by atoms with Crippen molar-refractivity contribution >= 4 is 23.4 Å². The molecular formula is C22H25N3O4. The van der Waals surface area contributed by atoms with E-state index in [4.69, 9.17) is 4.74 Å². The highest BCUT2D eigenvalue weighted by atomic mass is 16.5. The second-order valence-corrected chi connectivity index (χ2v) is 7.00. The summed E-state index contributed by atoms with van der Waals surface area (Å²) >= 11 is 0. The molecule has 0 aliphatic carbocycles. The molecule has 7 nitrogen and oxygen atoms in total. The van der Waals surface area contributed by atoms with Gasteiger partial charge in [-0.3, -0.25) is 14.4 Å². The predicted octanol–water partition coefficient (Wildman–Crippen LogP) is 2.69. The van der Waals surface area contributed by atoms with Crippen LogP contribution < -0.4 is 15.4 Å². The van der Waals surface area contributed by atoms with Crippen molar-refractivity contribution in [1.82, 2.24) is 10.2 Å². The van der Waals surface area contributed by atoms with Crippen LogP contribution in [-0.2, 0) is 4.79 Å². The van der Waals surface area contributed by atoms with Crippen LogP contribution in [-0.4, -0.2) is 48.9 Å². The molecule has 1 saturated heterocycles. The smallest absolute Gasteiger partial charge is 0.255 e. The monoisotopic (exact) mass is 395 g/mol. The molecule has 0 saturated carbocycles. The number of carbonyl (C=O) groups excluding carboxylic acids is 3. The Labute approximate surface area is 170 Å². The second kappa shape index (κ2) is 9.23. The van der Waals surface area contributed by atoms with Gasteiger partial charge in [-0.15, -0.1) is 0 Å². The average Bonchev–Trinajstić information content (AvgIpc) is 2.73. The number of likely N-dealkylation sites (tertiary alicyclic amines) is 1. The molecule has 2 aromatic carbocycles. The lowest BCUT2D eigenvalue weighted by Gasteiger charge is -2.32. The fourth-order valence-corrected chi connectivity index (χ4v) is 3.44. The zero-order valence-electron chi connectivity index (χ0n) is 16.6. The topological polar surface area (TPSA) is 87.7 Å². The molecule has 7 heteroatoms. The van der Waals surface area contributed by atoms with E-state index in [-0.39, 0.29) is 23.8 Å². The quantitative estimate of drug-likeness (QED) is 0.815. The first-order valence-electron chi connectivity index (χ1n) is 9.58. The van der Waals surface area contributed by atoms with Gasteiger partial charge in [0.25, 0.3) is 11.8 Å². The normalized spacial score (nSPS) is 14.2. The molecule has 29 heavy (non-hydrogen) atoms. The Bertz CT molecular complexity index is 904. The number of para-hydroxylation sites is 1.